The number of hydrogen-bond donors (Lipinski definition) is 1. The summed E-state index contributed by atoms with van der Waals surface area (Å²) < 4.78 is 43.5. The Bertz CT molecular complexity index is 1070. The molecule has 1 saturated heterocycles. The maximum absolute atomic E-state index is 12.1. The fourth-order valence-corrected chi connectivity index (χ4v) is 4.87. The van der Waals surface area contributed by atoms with Gasteiger partial charge in [-0.05, 0) is 0 Å². The zero-order valence-electron chi connectivity index (χ0n) is 22.5. The fourth-order valence-electron chi connectivity index (χ4n) is 3.74. The first-order chi connectivity index (χ1) is 18.4. The molecule has 0 radical (unpaired) electrons. The van der Waals surface area contributed by atoms with Crippen LogP contribution in [0.3, 0.4) is 0 Å². The van der Waals surface area contributed by atoms with E-state index in [9.17, 15) is 24.4 Å². The molecule has 2 rings (SSSR count). The number of nitrogens with zero attached hydrogens (tertiary/aromatic N) is 1. The Morgan fingerprint density at radius 3 is 1.77 bits per heavy atom. The van der Waals surface area contributed by atoms with Crippen molar-refractivity contribution in [2.75, 3.05) is 27.9 Å². The van der Waals surface area contributed by atoms with Crippen molar-refractivity contribution in [3.8, 4) is 17.2 Å². The van der Waals surface area contributed by atoms with Crippen LogP contribution in [0.1, 0.15) is 33.3 Å². The van der Waals surface area contributed by atoms with Crippen LogP contribution in [0.2, 0.25) is 0 Å². The van der Waals surface area contributed by atoms with E-state index >= 15 is 0 Å². The van der Waals surface area contributed by atoms with Crippen LogP contribution in [0, 0.1) is 0 Å². The van der Waals surface area contributed by atoms with E-state index in [-0.39, 0.29) is 22.1 Å². The quantitative estimate of drug-likeness (QED) is 0.107. The molecule has 1 aromatic rings. The Labute approximate surface area is 228 Å². The summed E-state index contributed by atoms with van der Waals surface area (Å²) in [6, 6.07) is 3.05. The topological polar surface area (TPSA) is 175 Å². The highest BCUT2D eigenvalue weighted by Crippen LogP contribution is 2.41. The molecular weight excluding hydrogens is 542 g/mol. The Kier molecular flexibility index (Phi) is 11.7. The molecule has 1 N–H and O–H groups in total. The Morgan fingerprint density at radius 1 is 0.821 bits per heavy atom. The van der Waals surface area contributed by atoms with Crippen molar-refractivity contribution >= 4 is 40.7 Å². The molecule has 216 valence electrons. The van der Waals surface area contributed by atoms with Gasteiger partial charge in [-0.3, -0.25) is 19.2 Å². The van der Waals surface area contributed by atoms with Gasteiger partial charge in [-0.1, -0.05) is 16.9 Å². The van der Waals surface area contributed by atoms with Crippen LogP contribution in [0.25, 0.3) is 0 Å². The summed E-state index contributed by atoms with van der Waals surface area (Å²) in [5.41, 5.74) is -1.05. The van der Waals surface area contributed by atoms with Crippen molar-refractivity contribution in [1.29, 1.82) is 0 Å². The molecule has 39 heavy (non-hydrogen) atoms. The number of oxime groups is 1. The number of ether oxygens (including phenoxy) is 8. The molecule has 1 fully saturated rings. The number of carbonyl (C=O) groups is 4. The van der Waals surface area contributed by atoms with Crippen molar-refractivity contribution in [3.63, 3.8) is 0 Å². The van der Waals surface area contributed by atoms with E-state index in [0.717, 1.165) is 32.5 Å². The third-order valence-electron chi connectivity index (χ3n) is 5.20. The van der Waals surface area contributed by atoms with Gasteiger partial charge in [0, 0.05) is 39.8 Å². The monoisotopic (exact) mass is 573 g/mol. The first-order valence-corrected chi connectivity index (χ1v) is 12.3. The van der Waals surface area contributed by atoms with E-state index in [4.69, 9.17) is 37.9 Å². The molecule has 0 amide bonds. The third kappa shape index (κ3) is 8.38. The SMILES string of the molecule is COc1cc(OC)c(/C(=N/O)S[C@@H]2O[C@H](COC(C)=O)[C@@H](OC(C)=O)[C@H](OC(C)=O)[C@H]2OC(C)=O)c(OC)c1. The standard InChI is InChI=1S/C24H31NO13S/c1-11(26)34-10-18-20(35-12(2)27)21(36-13(3)28)22(37-14(4)29)24(38-18)39-23(25-30)19-16(32-6)8-15(31-5)9-17(19)33-7/h8-9,18,20-22,24,30H,10H2,1-7H3/b25-23-/t18-,20-,21+,22-,24+/m1/s1. The number of esters is 4. The molecule has 1 aromatic carbocycles. The van der Waals surface area contributed by atoms with Gasteiger partial charge in [0.25, 0.3) is 0 Å². The first kappa shape index (κ1) is 31.5. The third-order valence-corrected chi connectivity index (χ3v) is 6.32. The zero-order valence-corrected chi connectivity index (χ0v) is 23.3. The summed E-state index contributed by atoms with van der Waals surface area (Å²) in [6.07, 6.45) is -5.26. The van der Waals surface area contributed by atoms with E-state index in [1.807, 2.05) is 0 Å². The van der Waals surface area contributed by atoms with Crippen molar-refractivity contribution in [1.82, 2.24) is 0 Å². The van der Waals surface area contributed by atoms with Gasteiger partial charge in [0.15, 0.2) is 28.8 Å². The average molecular weight is 574 g/mol. The van der Waals surface area contributed by atoms with Gasteiger partial charge in [-0.25, -0.2) is 0 Å². The van der Waals surface area contributed by atoms with Crippen molar-refractivity contribution in [2.24, 2.45) is 5.16 Å². The van der Waals surface area contributed by atoms with E-state index in [1.165, 1.54) is 40.4 Å². The predicted molar refractivity (Wildman–Crippen MR) is 134 cm³/mol. The lowest BCUT2D eigenvalue weighted by atomic mass is 9.99. The van der Waals surface area contributed by atoms with Crippen LogP contribution in [0.15, 0.2) is 17.3 Å². The van der Waals surface area contributed by atoms with Crippen molar-refractivity contribution in [2.45, 2.75) is 57.5 Å². The first-order valence-electron chi connectivity index (χ1n) is 11.4. The summed E-state index contributed by atoms with van der Waals surface area (Å²) in [7, 11) is 4.21. The number of carbonyl (C=O) groups excluding carboxylic acids is 4. The molecule has 0 aliphatic carbocycles. The van der Waals surface area contributed by atoms with E-state index in [2.05, 4.69) is 5.16 Å². The lowest BCUT2D eigenvalue weighted by Crippen LogP contribution is -2.61. The van der Waals surface area contributed by atoms with Gasteiger partial charge >= 0.3 is 23.9 Å². The van der Waals surface area contributed by atoms with Crippen LogP contribution >= 0.6 is 11.8 Å². The molecule has 0 bridgehead atoms. The zero-order chi connectivity index (χ0) is 29.3. The number of rotatable bonds is 10. The molecule has 0 saturated carbocycles. The van der Waals surface area contributed by atoms with Crippen molar-refractivity contribution < 1.29 is 62.3 Å². The summed E-state index contributed by atoms with van der Waals surface area (Å²) in [4.78, 5) is 47.6. The van der Waals surface area contributed by atoms with Crippen LogP contribution in [-0.2, 0) is 42.9 Å². The minimum absolute atomic E-state index is 0.104. The molecule has 5 atom stereocenters. The maximum atomic E-state index is 12.1. The van der Waals surface area contributed by atoms with E-state index in [1.54, 1.807) is 0 Å². The summed E-state index contributed by atoms with van der Waals surface area (Å²) in [5.74, 6) is -2.15. The molecule has 0 aromatic heterocycles. The van der Waals surface area contributed by atoms with Crippen LogP contribution in [-0.4, -0.2) is 91.9 Å². The largest absolute Gasteiger partial charge is 0.496 e. The Hall–Kier alpha value is -3.72. The molecule has 0 spiro atoms. The average Bonchev–Trinajstić information content (AvgIpc) is 2.87. The molecule has 1 aliphatic rings. The lowest BCUT2D eigenvalue weighted by molar-refractivity contribution is -0.237. The smallest absolute Gasteiger partial charge is 0.303 e. The highest BCUT2D eigenvalue weighted by Gasteiger charge is 2.53. The highest BCUT2D eigenvalue weighted by atomic mass is 32.2. The lowest BCUT2D eigenvalue weighted by Gasteiger charge is -2.44. The molecule has 0 unspecified atom stereocenters. The molecular formula is C24H31NO13S. The van der Waals surface area contributed by atoms with Gasteiger partial charge in [-0.15, -0.1) is 0 Å². The van der Waals surface area contributed by atoms with E-state index in [0.29, 0.717) is 5.75 Å². The second kappa shape index (κ2) is 14.4. The van der Waals surface area contributed by atoms with Crippen LogP contribution in [0.5, 0.6) is 17.2 Å². The normalized spacial score (nSPS) is 22.7. The van der Waals surface area contributed by atoms with E-state index < -0.39 is 60.3 Å². The highest BCUT2D eigenvalue weighted by molar-refractivity contribution is 8.14. The van der Waals surface area contributed by atoms with Gasteiger partial charge < -0.3 is 43.1 Å². The molecule has 14 nitrogen and oxygen atoms in total. The Morgan fingerprint density at radius 2 is 1.33 bits per heavy atom. The second-order valence-electron chi connectivity index (χ2n) is 8.00. The van der Waals surface area contributed by atoms with Crippen molar-refractivity contribution in [3.05, 3.63) is 17.7 Å². The molecule has 1 aliphatic heterocycles. The molecule has 15 heteroatoms. The van der Waals surface area contributed by atoms with Crippen LogP contribution < -0.4 is 14.2 Å². The summed E-state index contributed by atoms with van der Waals surface area (Å²) in [6.45, 7) is 4.11. The minimum atomic E-state index is -1.39. The number of thioether (sulfide) groups is 1. The summed E-state index contributed by atoms with van der Waals surface area (Å²) >= 11 is 0.759. The fraction of sp³-hybridized carbons (Fsp3) is 0.542. The number of methoxy groups -OCH3 is 3. The molecule has 1 heterocycles. The van der Waals surface area contributed by atoms with Gasteiger partial charge in [0.2, 0.25) is 0 Å². The Balaban J connectivity index is 2.62. The van der Waals surface area contributed by atoms with Crippen LogP contribution in [0.4, 0.5) is 0 Å². The predicted octanol–water partition coefficient (Wildman–Crippen LogP) is 1.66. The van der Waals surface area contributed by atoms with Gasteiger partial charge in [-0.2, -0.15) is 0 Å². The minimum Gasteiger partial charge on any atom is -0.496 e. The summed E-state index contributed by atoms with van der Waals surface area (Å²) in [5, 5.41) is 13.3. The van der Waals surface area contributed by atoms with Gasteiger partial charge in [0.05, 0.1) is 26.9 Å². The number of benzene rings is 1. The second-order valence-corrected chi connectivity index (χ2v) is 9.08. The number of hydrogen-bond acceptors (Lipinski definition) is 15. The maximum Gasteiger partial charge on any atom is 0.303 e. The van der Waals surface area contributed by atoms with Gasteiger partial charge in [0.1, 0.15) is 30.0 Å².